The van der Waals surface area contributed by atoms with Crippen LogP contribution < -0.4 is 0 Å². The molecule has 11 aromatic rings. The van der Waals surface area contributed by atoms with Crippen LogP contribution in [0.25, 0.3) is 106 Å². The number of rotatable bonds is 9. The predicted molar refractivity (Wildman–Crippen MR) is 304 cm³/mol. The zero-order chi connectivity index (χ0) is 50.4. The van der Waals surface area contributed by atoms with E-state index in [1.807, 2.05) is 6.07 Å². The van der Waals surface area contributed by atoms with Gasteiger partial charge in [0.25, 0.3) is 0 Å². The second kappa shape index (κ2) is 17.9. The fourth-order valence-corrected chi connectivity index (χ4v) is 11.5. The molecule has 0 unspecified atom stereocenters. The summed E-state index contributed by atoms with van der Waals surface area (Å²) in [7, 11) is 0. The molecule has 3 aromatic heterocycles. The molecule has 360 valence electrons. The Morgan fingerprint density at radius 2 is 1.12 bits per heavy atom. The lowest BCUT2D eigenvalue weighted by molar-refractivity contribution is 0.476. The van der Waals surface area contributed by atoms with E-state index < -0.39 is 0 Å². The Kier molecular flexibility index (Phi) is 11.3. The highest BCUT2D eigenvalue weighted by Gasteiger charge is 2.27. The van der Waals surface area contributed by atoms with Gasteiger partial charge in [0.05, 0.1) is 22.4 Å². The van der Waals surface area contributed by atoms with Gasteiger partial charge in [0.2, 0.25) is 0 Å². The lowest BCUT2D eigenvalue weighted by Crippen LogP contribution is -2.08. The molecule has 0 bridgehead atoms. The SMILES string of the molecule is Cc1cc(-c2cccc(-c3cc(C(C)C)cc(C(C)C)c3)c2-c2cc(-c3cccc4c3nc(-c3ccc5c(n3)-c3c(O)cccc3CC5)n4-c3c(C)cccc3C)cc3c2oc2ccccc23)cc(C(C)C)c1. The molecule has 5 nitrogen and oxygen atoms in total. The molecule has 0 atom stereocenters. The van der Waals surface area contributed by atoms with Gasteiger partial charge in [0.1, 0.15) is 22.6 Å². The highest BCUT2D eigenvalue weighted by Crippen LogP contribution is 2.49. The Hall–Kier alpha value is -8.02. The molecule has 12 rings (SSSR count). The quantitative estimate of drug-likeness (QED) is 0.157. The van der Waals surface area contributed by atoms with Crippen LogP contribution in [0.4, 0.5) is 0 Å². The zero-order valence-corrected chi connectivity index (χ0v) is 43.4. The van der Waals surface area contributed by atoms with Gasteiger partial charge in [0.15, 0.2) is 5.82 Å². The van der Waals surface area contributed by atoms with Gasteiger partial charge in [-0.05, 0) is 155 Å². The summed E-state index contributed by atoms with van der Waals surface area (Å²) in [6.07, 6.45) is 1.72. The molecular formula is C68H61N3O2. The summed E-state index contributed by atoms with van der Waals surface area (Å²) >= 11 is 0. The number of benzene rings is 8. The van der Waals surface area contributed by atoms with E-state index in [-0.39, 0.29) is 5.75 Å². The topological polar surface area (TPSA) is 64.1 Å². The number of fused-ring (bicyclic) bond motifs is 7. The molecule has 0 aliphatic heterocycles. The van der Waals surface area contributed by atoms with E-state index in [1.165, 1.54) is 38.9 Å². The maximum absolute atomic E-state index is 11.3. The van der Waals surface area contributed by atoms with Crippen molar-refractivity contribution in [2.75, 3.05) is 0 Å². The summed E-state index contributed by atoms with van der Waals surface area (Å²) in [5.74, 6) is 2.08. The fraction of sp³-hybridized carbons (Fsp3) is 0.206. The van der Waals surface area contributed by atoms with Crippen molar-refractivity contribution in [2.45, 2.75) is 92.9 Å². The minimum absolute atomic E-state index is 0.257. The lowest BCUT2D eigenvalue weighted by atomic mass is 9.83. The highest BCUT2D eigenvalue weighted by atomic mass is 16.3. The van der Waals surface area contributed by atoms with Crippen LogP contribution in [0.15, 0.2) is 162 Å². The number of aromatic nitrogens is 3. The second-order valence-corrected chi connectivity index (χ2v) is 21.4. The first-order valence-electron chi connectivity index (χ1n) is 26.1. The summed E-state index contributed by atoms with van der Waals surface area (Å²) in [6, 6.07) is 57.4. The van der Waals surface area contributed by atoms with E-state index in [9.17, 15) is 5.11 Å². The average molecular weight is 952 g/mol. The highest BCUT2D eigenvalue weighted by molar-refractivity contribution is 6.15. The van der Waals surface area contributed by atoms with Gasteiger partial charge in [-0.1, -0.05) is 168 Å². The van der Waals surface area contributed by atoms with E-state index in [0.717, 1.165) is 124 Å². The van der Waals surface area contributed by atoms with E-state index in [4.69, 9.17) is 14.4 Å². The van der Waals surface area contributed by atoms with Crippen LogP contribution in [0.2, 0.25) is 0 Å². The largest absolute Gasteiger partial charge is 0.507 e. The minimum Gasteiger partial charge on any atom is -0.507 e. The lowest BCUT2D eigenvalue weighted by Gasteiger charge is -2.21. The molecule has 5 heteroatoms. The van der Waals surface area contributed by atoms with Gasteiger partial charge in [-0.25, -0.2) is 9.97 Å². The summed E-state index contributed by atoms with van der Waals surface area (Å²) in [4.78, 5) is 11.1. The third kappa shape index (κ3) is 7.85. The Balaban J connectivity index is 1.18. The smallest absolute Gasteiger partial charge is 0.164 e. The van der Waals surface area contributed by atoms with Crippen molar-refractivity contribution < 1.29 is 9.52 Å². The number of aryl methyl sites for hydroxylation is 5. The van der Waals surface area contributed by atoms with Crippen LogP contribution in [-0.2, 0) is 12.8 Å². The standard InChI is InChI=1S/C68H61N3O2/c1-38(2)46-30-41(7)31-49(33-46)52-20-14-21-53(50-34-47(39(3)4)32-48(35-50)40(5)6)63(52)57-37-51(36-56-55-19-10-11-25-61(55)73-67(56)57)54-22-15-23-59-65(54)70-68(71(59)66-42(8)16-12-17-43(66)9)58-29-28-45-27-26-44-18-13-24-60(72)62(44)64(45)69-58/h10-25,28-40,72H,26-27H2,1-9H3. The first-order valence-corrected chi connectivity index (χ1v) is 26.1. The number of phenolic OH excluding ortho intramolecular Hbond substituents is 1. The number of hydrogen-bond acceptors (Lipinski definition) is 4. The van der Waals surface area contributed by atoms with E-state index >= 15 is 0 Å². The molecule has 3 heterocycles. The summed E-state index contributed by atoms with van der Waals surface area (Å²) in [5, 5.41) is 13.4. The summed E-state index contributed by atoms with van der Waals surface area (Å²) in [6.45, 7) is 20.3. The zero-order valence-electron chi connectivity index (χ0n) is 43.4. The minimum atomic E-state index is 0.257. The van der Waals surface area contributed by atoms with E-state index in [2.05, 4.69) is 212 Å². The number of para-hydroxylation sites is 3. The van der Waals surface area contributed by atoms with Crippen LogP contribution >= 0.6 is 0 Å². The average Bonchev–Trinajstić information content (AvgIpc) is 3.96. The van der Waals surface area contributed by atoms with Crippen LogP contribution in [0.1, 0.15) is 104 Å². The second-order valence-electron chi connectivity index (χ2n) is 21.4. The number of aromatic hydroxyl groups is 1. The number of nitrogens with zero attached hydrogens (tertiary/aromatic N) is 3. The third-order valence-electron chi connectivity index (χ3n) is 15.4. The summed E-state index contributed by atoms with van der Waals surface area (Å²) in [5.41, 5.74) is 25.7. The third-order valence-corrected chi connectivity index (χ3v) is 15.4. The Morgan fingerprint density at radius 3 is 1.85 bits per heavy atom. The normalized spacial score (nSPS) is 12.5. The van der Waals surface area contributed by atoms with Crippen molar-refractivity contribution in [2.24, 2.45) is 0 Å². The maximum atomic E-state index is 11.3. The number of pyridine rings is 1. The van der Waals surface area contributed by atoms with Crippen molar-refractivity contribution >= 4 is 33.0 Å². The van der Waals surface area contributed by atoms with E-state index in [1.54, 1.807) is 6.07 Å². The molecular weight excluding hydrogens is 891 g/mol. The molecule has 1 aliphatic carbocycles. The molecule has 1 aliphatic rings. The van der Waals surface area contributed by atoms with E-state index in [0.29, 0.717) is 17.8 Å². The monoisotopic (exact) mass is 951 g/mol. The molecule has 73 heavy (non-hydrogen) atoms. The Bertz CT molecular complexity index is 3970. The van der Waals surface area contributed by atoms with Crippen molar-refractivity contribution in [1.82, 2.24) is 14.5 Å². The molecule has 0 radical (unpaired) electrons. The van der Waals surface area contributed by atoms with Crippen LogP contribution in [0.5, 0.6) is 5.75 Å². The first-order chi connectivity index (χ1) is 35.3. The van der Waals surface area contributed by atoms with Crippen molar-refractivity contribution in [3.8, 4) is 78.7 Å². The van der Waals surface area contributed by atoms with Gasteiger partial charge < -0.3 is 9.52 Å². The molecule has 8 aromatic carbocycles. The van der Waals surface area contributed by atoms with Crippen LogP contribution in [0, 0.1) is 20.8 Å². The van der Waals surface area contributed by atoms with Gasteiger partial charge in [-0.3, -0.25) is 4.57 Å². The number of imidazole rings is 1. The number of hydrogen-bond donors (Lipinski definition) is 1. The predicted octanol–water partition coefficient (Wildman–Crippen LogP) is 18.4. The molecule has 0 saturated carbocycles. The molecule has 0 spiro atoms. The van der Waals surface area contributed by atoms with Crippen molar-refractivity contribution in [3.63, 3.8) is 0 Å². The van der Waals surface area contributed by atoms with Gasteiger partial charge in [-0.2, -0.15) is 0 Å². The fourth-order valence-electron chi connectivity index (χ4n) is 11.5. The van der Waals surface area contributed by atoms with Gasteiger partial charge in [0, 0.05) is 33.0 Å². The molecule has 0 saturated heterocycles. The van der Waals surface area contributed by atoms with Crippen molar-refractivity contribution in [1.29, 1.82) is 0 Å². The Labute approximate surface area is 428 Å². The molecule has 1 N–H and O–H groups in total. The van der Waals surface area contributed by atoms with Crippen molar-refractivity contribution in [3.05, 3.63) is 202 Å². The number of furan rings is 1. The van der Waals surface area contributed by atoms with Gasteiger partial charge >= 0.3 is 0 Å². The first kappa shape index (κ1) is 46.1. The number of phenols is 1. The maximum Gasteiger partial charge on any atom is 0.164 e. The van der Waals surface area contributed by atoms with Crippen LogP contribution in [0.3, 0.4) is 0 Å². The Morgan fingerprint density at radius 1 is 0.507 bits per heavy atom. The molecule has 0 amide bonds. The summed E-state index contributed by atoms with van der Waals surface area (Å²) < 4.78 is 9.42. The molecule has 0 fully saturated rings. The van der Waals surface area contributed by atoms with Crippen LogP contribution in [-0.4, -0.2) is 19.6 Å². The van der Waals surface area contributed by atoms with Gasteiger partial charge in [-0.15, -0.1) is 0 Å².